The Morgan fingerprint density at radius 1 is 1.18 bits per heavy atom. The fourth-order valence-corrected chi connectivity index (χ4v) is 2.28. The van der Waals surface area contributed by atoms with Crippen molar-refractivity contribution in [1.82, 2.24) is 10.6 Å². The van der Waals surface area contributed by atoms with Crippen LogP contribution >= 0.6 is 0 Å². The van der Waals surface area contributed by atoms with Crippen LogP contribution in [0.5, 0.6) is 5.75 Å². The molecule has 0 aromatic heterocycles. The van der Waals surface area contributed by atoms with Gasteiger partial charge in [0.25, 0.3) is 5.91 Å². The molecule has 0 spiro atoms. The maximum Gasteiger partial charge on any atom is 0.258 e. The van der Waals surface area contributed by atoms with E-state index in [1.807, 2.05) is 39.8 Å². The number of aryl methyl sites for hydroxylation is 3. The Balaban J connectivity index is 2.51. The zero-order valence-electron chi connectivity index (χ0n) is 14.1. The second-order valence-corrected chi connectivity index (χ2v) is 5.60. The van der Waals surface area contributed by atoms with Gasteiger partial charge in [0.1, 0.15) is 11.8 Å². The highest BCUT2D eigenvalue weighted by Gasteiger charge is 2.15. The fraction of sp³-hybridized carbons (Fsp3) is 0.529. The second kappa shape index (κ2) is 8.41. The molecule has 0 fully saturated rings. The summed E-state index contributed by atoms with van der Waals surface area (Å²) < 4.78 is 5.60. The summed E-state index contributed by atoms with van der Waals surface area (Å²) in [6.45, 7) is 10.1. The third kappa shape index (κ3) is 5.39. The van der Waals surface area contributed by atoms with Crippen LogP contribution in [0, 0.1) is 20.8 Å². The van der Waals surface area contributed by atoms with E-state index in [0.29, 0.717) is 6.54 Å². The maximum absolute atomic E-state index is 11.9. The second-order valence-electron chi connectivity index (χ2n) is 5.60. The van der Waals surface area contributed by atoms with Gasteiger partial charge in [0.15, 0.2) is 6.61 Å². The monoisotopic (exact) mass is 306 g/mol. The molecule has 1 atom stereocenters. The van der Waals surface area contributed by atoms with Crippen LogP contribution in [0.2, 0.25) is 0 Å². The minimum atomic E-state index is -0.567. The van der Waals surface area contributed by atoms with Gasteiger partial charge in [0.05, 0.1) is 0 Å². The third-order valence-corrected chi connectivity index (χ3v) is 3.27. The topological polar surface area (TPSA) is 67.4 Å². The normalized spacial score (nSPS) is 11.7. The van der Waals surface area contributed by atoms with Gasteiger partial charge in [0, 0.05) is 6.54 Å². The van der Waals surface area contributed by atoms with Crippen LogP contribution in [-0.2, 0) is 9.59 Å². The zero-order valence-corrected chi connectivity index (χ0v) is 14.1. The van der Waals surface area contributed by atoms with Crippen LogP contribution in [0.4, 0.5) is 0 Å². The number of hydrogen-bond donors (Lipinski definition) is 2. The molecule has 1 aromatic carbocycles. The number of amides is 2. The molecule has 0 heterocycles. The molecule has 0 aliphatic heterocycles. The van der Waals surface area contributed by atoms with Crippen LogP contribution in [0.1, 0.15) is 37.0 Å². The summed E-state index contributed by atoms with van der Waals surface area (Å²) in [7, 11) is 0. The van der Waals surface area contributed by atoms with Crippen molar-refractivity contribution in [1.29, 1.82) is 0 Å². The summed E-state index contributed by atoms with van der Waals surface area (Å²) in [4.78, 5) is 23.6. The lowest BCUT2D eigenvalue weighted by molar-refractivity contribution is -0.129. The summed E-state index contributed by atoms with van der Waals surface area (Å²) in [6, 6.07) is 3.46. The molecule has 2 N–H and O–H groups in total. The van der Waals surface area contributed by atoms with Crippen LogP contribution in [0.15, 0.2) is 12.1 Å². The molecule has 0 unspecified atom stereocenters. The van der Waals surface area contributed by atoms with Gasteiger partial charge < -0.3 is 15.4 Å². The third-order valence-electron chi connectivity index (χ3n) is 3.27. The molecule has 0 saturated heterocycles. The highest BCUT2D eigenvalue weighted by molar-refractivity contribution is 5.87. The highest BCUT2D eigenvalue weighted by atomic mass is 16.5. The molecule has 2 amide bonds. The van der Waals surface area contributed by atoms with Crippen molar-refractivity contribution in [3.63, 3.8) is 0 Å². The van der Waals surface area contributed by atoms with Crippen LogP contribution in [0.3, 0.4) is 0 Å². The van der Waals surface area contributed by atoms with E-state index in [9.17, 15) is 9.59 Å². The number of ether oxygens (including phenoxy) is 1. The molecule has 122 valence electrons. The van der Waals surface area contributed by atoms with Crippen molar-refractivity contribution in [2.24, 2.45) is 0 Å². The molecule has 5 heteroatoms. The van der Waals surface area contributed by atoms with Crippen molar-refractivity contribution in [2.75, 3.05) is 13.2 Å². The molecule has 0 aliphatic carbocycles. The quantitative estimate of drug-likeness (QED) is 0.810. The molecule has 1 rings (SSSR count). The molecule has 5 nitrogen and oxygen atoms in total. The Kier molecular flexibility index (Phi) is 6.89. The van der Waals surface area contributed by atoms with E-state index in [1.54, 1.807) is 6.92 Å². The van der Waals surface area contributed by atoms with Crippen molar-refractivity contribution in [3.8, 4) is 5.75 Å². The Morgan fingerprint density at radius 2 is 1.77 bits per heavy atom. The van der Waals surface area contributed by atoms with Gasteiger partial charge in [-0.3, -0.25) is 9.59 Å². The molecule has 0 saturated carbocycles. The van der Waals surface area contributed by atoms with E-state index in [4.69, 9.17) is 4.74 Å². The molecule has 1 aromatic rings. The van der Waals surface area contributed by atoms with Crippen LogP contribution in [-0.4, -0.2) is 31.0 Å². The van der Waals surface area contributed by atoms with E-state index in [-0.39, 0.29) is 18.4 Å². The van der Waals surface area contributed by atoms with Crippen molar-refractivity contribution in [2.45, 2.75) is 47.1 Å². The molecule has 0 bridgehead atoms. The Bertz CT molecular complexity index is 518. The average molecular weight is 306 g/mol. The number of benzene rings is 1. The first-order valence-electron chi connectivity index (χ1n) is 7.62. The first kappa shape index (κ1) is 18.0. The summed E-state index contributed by atoms with van der Waals surface area (Å²) in [6.07, 6.45) is 0.863. The van der Waals surface area contributed by atoms with Gasteiger partial charge in [-0.05, 0) is 45.2 Å². The molecule has 22 heavy (non-hydrogen) atoms. The minimum Gasteiger partial charge on any atom is -0.483 e. The summed E-state index contributed by atoms with van der Waals surface area (Å²) in [5.41, 5.74) is 3.16. The Hall–Kier alpha value is -2.04. The van der Waals surface area contributed by atoms with Gasteiger partial charge in [-0.25, -0.2) is 0 Å². The minimum absolute atomic E-state index is 0.101. The van der Waals surface area contributed by atoms with E-state index in [1.165, 1.54) is 0 Å². The highest BCUT2D eigenvalue weighted by Crippen LogP contribution is 2.24. The van der Waals surface area contributed by atoms with Gasteiger partial charge in [0.2, 0.25) is 5.91 Å². The summed E-state index contributed by atoms with van der Waals surface area (Å²) in [5.74, 6) is 0.236. The number of nitrogens with one attached hydrogen (secondary N) is 2. The fourth-order valence-electron chi connectivity index (χ4n) is 2.28. The molecule has 0 radical (unpaired) electrons. The largest absolute Gasteiger partial charge is 0.483 e. The van der Waals surface area contributed by atoms with Gasteiger partial charge in [-0.2, -0.15) is 0 Å². The number of carbonyl (C=O) groups is 2. The smallest absolute Gasteiger partial charge is 0.258 e. The van der Waals surface area contributed by atoms with Crippen molar-refractivity contribution >= 4 is 11.8 Å². The van der Waals surface area contributed by atoms with Gasteiger partial charge >= 0.3 is 0 Å². The Morgan fingerprint density at radius 3 is 2.32 bits per heavy atom. The standard InChI is InChI=1S/C17H26N2O3/c1-6-7-18-17(21)14(5)19-15(20)10-22-16-12(3)8-11(2)9-13(16)4/h8-9,14H,6-7,10H2,1-5H3,(H,18,21)(H,19,20)/t14-/m0/s1. The van der Waals surface area contributed by atoms with E-state index < -0.39 is 6.04 Å². The lowest BCUT2D eigenvalue weighted by Gasteiger charge is -2.16. The molecule has 0 aliphatic rings. The van der Waals surface area contributed by atoms with Gasteiger partial charge in [-0.1, -0.05) is 24.6 Å². The van der Waals surface area contributed by atoms with E-state index in [0.717, 1.165) is 28.9 Å². The van der Waals surface area contributed by atoms with E-state index >= 15 is 0 Å². The lowest BCUT2D eigenvalue weighted by Crippen LogP contribution is -2.46. The molecular formula is C17H26N2O3. The number of rotatable bonds is 7. The lowest BCUT2D eigenvalue weighted by atomic mass is 10.1. The first-order valence-corrected chi connectivity index (χ1v) is 7.62. The SMILES string of the molecule is CCCNC(=O)[C@H](C)NC(=O)COc1c(C)cc(C)cc1C. The Labute approximate surface area is 132 Å². The summed E-state index contributed by atoms with van der Waals surface area (Å²) in [5, 5.41) is 5.37. The molecular weight excluding hydrogens is 280 g/mol. The first-order chi connectivity index (χ1) is 10.3. The van der Waals surface area contributed by atoms with Crippen LogP contribution in [0.25, 0.3) is 0 Å². The number of hydrogen-bond acceptors (Lipinski definition) is 3. The van der Waals surface area contributed by atoms with Crippen molar-refractivity contribution in [3.05, 3.63) is 28.8 Å². The van der Waals surface area contributed by atoms with Gasteiger partial charge in [-0.15, -0.1) is 0 Å². The predicted octanol–water partition coefficient (Wildman–Crippen LogP) is 2.02. The number of carbonyl (C=O) groups excluding carboxylic acids is 2. The van der Waals surface area contributed by atoms with Crippen LogP contribution < -0.4 is 15.4 Å². The van der Waals surface area contributed by atoms with Crippen molar-refractivity contribution < 1.29 is 14.3 Å². The average Bonchev–Trinajstić information content (AvgIpc) is 2.43. The maximum atomic E-state index is 11.9. The predicted molar refractivity (Wildman–Crippen MR) is 87.1 cm³/mol. The summed E-state index contributed by atoms with van der Waals surface area (Å²) >= 11 is 0. The van der Waals surface area contributed by atoms with E-state index in [2.05, 4.69) is 10.6 Å². The zero-order chi connectivity index (χ0) is 16.7.